The Balaban J connectivity index is 1.58. The summed E-state index contributed by atoms with van der Waals surface area (Å²) in [5.74, 6) is 1.61. The van der Waals surface area contributed by atoms with Gasteiger partial charge in [0, 0.05) is 30.2 Å². The number of rotatable bonds is 8. The van der Waals surface area contributed by atoms with E-state index >= 15 is 0 Å². The molecule has 0 atom stereocenters. The van der Waals surface area contributed by atoms with Crippen LogP contribution in [0.25, 0.3) is 11.3 Å². The van der Waals surface area contributed by atoms with Gasteiger partial charge in [-0.05, 0) is 69.4 Å². The maximum Gasteiger partial charge on any atom is 0.227 e. The van der Waals surface area contributed by atoms with E-state index < -0.39 is 5.60 Å². The summed E-state index contributed by atoms with van der Waals surface area (Å²) in [6, 6.07) is 11.1. The molecule has 158 valence electrons. The quantitative estimate of drug-likeness (QED) is 0.510. The predicted molar refractivity (Wildman–Crippen MR) is 119 cm³/mol. The zero-order valence-corrected chi connectivity index (χ0v) is 17.6. The van der Waals surface area contributed by atoms with Crippen molar-refractivity contribution in [3.8, 4) is 17.3 Å². The summed E-state index contributed by atoms with van der Waals surface area (Å²) in [7, 11) is 0. The first kappa shape index (κ1) is 20.7. The van der Waals surface area contributed by atoms with Crippen LogP contribution < -0.4 is 10.6 Å². The van der Waals surface area contributed by atoms with E-state index in [0.29, 0.717) is 29.9 Å². The van der Waals surface area contributed by atoms with Gasteiger partial charge in [-0.25, -0.2) is 19.9 Å². The Hall–Kier alpha value is -3.57. The zero-order chi connectivity index (χ0) is 21.8. The van der Waals surface area contributed by atoms with Crippen molar-refractivity contribution in [2.45, 2.75) is 38.7 Å². The molecule has 0 radical (unpaired) electrons. The molecule has 0 spiro atoms. The van der Waals surface area contributed by atoms with Gasteiger partial charge in [0.2, 0.25) is 11.9 Å². The first-order valence-electron chi connectivity index (χ1n) is 10.3. The summed E-state index contributed by atoms with van der Waals surface area (Å²) in [4.78, 5) is 18.1. The largest absolute Gasteiger partial charge is 0.389 e. The minimum absolute atomic E-state index is 0.362. The Bertz CT molecular complexity index is 1100. The number of nitrogens with one attached hydrogen (secondary N) is 2. The van der Waals surface area contributed by atoms with Crippen LogP contribution in [0.2, 0.25) is 0 Å². The van der Waals surface area contributed by atoms with Gasteiger partial charge < -0.3 is 15.7 Å². The predicted octanol–water partition coefficient (Wildman–Crippen LogP) is 3.68. The van der Waals surface area contributed by atoms with Gasteiger partial charge in [-0.2, -0.15) is 5.26 Å². The Morgan fingerprint density at radius 3 is 2.55 bits per heavy atom. The molecule has 1 fully saturated rings. The molecule has 1 saturated carbocycles. The molecule has 0 unspecified atom stereocenters. The molecule has 4 rings (SSSR count). The number of aromatic nitrogens is 4. The lowest BCUT2D eigenvalue weighted by molar-refractivity contribution is 0.0943. The van der Waals surface area contributed by atoms with Gasteiger partial charge in [0.25, 0.3) is 0 Å². The number of benzene rings is 1. The first-order chi connectivity index (χ1) is 14.9. The maximum atomic E-state index is 9.96. The second-order valence-electron chi connectivity index (χ2n) is 8.45. The van der Waals surface area contributed by atoms with Gasteiger partial charge in [0.05, 0.1) is 28.6 Å². The van der Waals surface area contributed by atoms with Crippen molar-refractivity contribution in [2.75, 3.05) is 17.2 Å². The Kier molecular flexibility index (Phi) is 5.78. The lowest BCUT2D eigenvalue weighted by Crippen LogP contribution is -2.30. The van der Waals surface area contributed by atoms with Gasteiger partial charge >= 0.3 is 0 Å². The average Bonchev–Trinajstić information content (AvgIpc) is 3.57. The highest BCUT2D eigenvalue weighted by molar-refractivity contribution is 5.64. The Morgan fingerprint density at radius 2 is 1.87 bits per heavy atom. The molecule has 1 aliphatic rings. The highest BCUT2D eigenvalue weighted by Gasteiger charge is 2.25. The van der Waals surface area contributed by atoms with Crippen LogP contribution in [0.15, 0.2) is 42.7 Å². The third-order valence-corrected chi connectivity index (χ3v) is 4.93. The van der Waals surface area contributed by atoms with E-state index in [0.717, 1.165) is 29.1 Å². The third kappa shape index (κ3) is 5.74. The molecule has 2 aromatic heterocycles. The summed E-state index contributed by atoms with van der Waals surface area (Å²) >= 11 is 0. The monoisotopic (exact) mass is 415 g/mol. The van der Waals surface area contributed by atoms with E-state index in [1.807, 2.05) is 18.2 Å². The molecule has 8 heteroatoms. The molecule has 0 amide bonds. The molecule has 1 aromatic carbocycles. The van der Waals surface area contributed by atoms with Crippen LogP contribution in [0, 0.1) is 17.2 Å². The van der Waals surface area contributed by atoms with E-state index in [9.17, 15) is 5.11 Å². The molecule has 3 N–H and O–H groups in total. The van der Waals surface area contributed by atoms with Gasteiger partial charge in [-0.15, -0.1) is 0 Å². The molecule has 2 heterocycles. The van der Waals surface area contributed by atoms with E-state index in [4.69, 9.17) is 10.2 Å². The number of anilines is 3. The molecule has 8 nitrogen and oxygen atoms in total. The van der Waals surface area contributed by atoms with E-state index in [1.54, 1.807) is 38.4 Å². The number of aliphatic hydroxyl groups is 1. The number of nitrogens with zero attached hydrogens (tertiary/aromatic N) is 5. The normalized spacial score (nSPS) is 13.5. The number of hydrogen-bond donors (Lipinski definition) is 3. The van der Waals surface area contributed by atoms with Gasteiger partial charge in [0.1, 0.15) is 0 Å². The summed E-state index contributed by atoms with van der Waals surface area (Å²) < 4.78 is 0. The van der Waals surface area contributed by atoms with Crippen LogP contribution in [0.5, 0.6) is 0 Å². The van der Waals surface area contributed by atoms with E-state index in [1.165, 1.54) is 12.8 Å². The minimum atomic E-state index is -0.850. The van der Waals surface area contributed by atoms with Crippen molar-refractivity contribution in [3.05, 3.63) is 54.0 Å². The van der Waals surface area contributed by atoms with Crippen LogP contribution in [-0.2, 0) is 6.42 Å². The van der Waals surface area contributed by atoms with Crippen molar-refractivity contribution in [3.63, 3.8) is 0 Å². The topological polar surface area (TPSA) is 120 Å². The molecule has 31 heavy (non-hydrogen) atoms. The van der Waals surface area contributed by atoms with Gasteiger partial charge in [0.15, 0.2) is 0 Å². The standard InChI is InChI=1S/C23H25N7O/c1-23(2,31)14-27-21-26-13-18(20(30-21)11-15-3-4-15)19-9-10-25-22(29-19)28-17-7-5-16(12-24)6-8-17/h5-10,13,15,31H,3-4,11,14H2,1-2H3,(H,25,28,29)(H,26,27,30). The molecule has 0 bridgehead atoms. The second-order valence-corrected chi connectivity index (χ2v) is 8.45. The molecular weight excluding hydrogens is 390 g/mol. The fourth-order valence-electron chi connectivity index (χ4n) is 3.09. The SMILES string of the molecule is CC(C)(O)CNc1ncc(-c2ccnc(Nc3ccc(C#N)cc3)n2)c(CC2CC2)n1. The summed E-state index contributed by atoms with van der Waals surface area (Å²) in [5, 5.41) is 25.2. The van der Waals surface area contributed by atoms with Crippen LogP contribution >= 0.6 is 0 Å². The number of nitriles is 1. The Labute approximate surface area is 181 Å². The molecule has 0 aliphatic heterocycles. The van der Waals surface area contributed by atoms with Crippen molar-refractivity contribution >= 4 is 17.6 Å². The lowest BCUT2D eigenvalue weighted by Gasteiger charge is -2.18. The summed E-state index contributed by atoms with van der Waals surface area (Å²) in [5.41, 5.74) is 3.12. The number of hydrogen-bond acceptors (Lipinski definition) is 8. The van der Waals surface area contributed by atoms with Crippen LogP contribution in [0.1, 0.15) is 37.9 Å². The van der Waals surface area contributed by atoms with Crippen molar-refractivity contribution < 1.29 is 5.11 Å². The van der Waals surface area contributed by atoms with Gasteiger partial charge in [-0.1, -0.05) is 0 Å². The molecule has 3 aromatic rings. The van der Waals surface area contributed by atoms with Crippen LogP contribution in [0.4, 0.5) is 17.6 Å². The van der Waals surface area contributed by atoms with Crippen molar-refractivity contribution in [1.82, 2.24) is 19.9 Å². The van der Waals surface area contributed by atoms with Crippen LogP contribution in [-0.4, -0.2) is 37.2 Å². The summed E-state index contributed by atoms with van der Waals surface area (Å²) in [6.45, 7) is 3.84. The molecule has 1 aliphatic carbocycles. The highest BCUT2D eigenvalue weighted by atomic mass is 16.3. The highest BCUT2D eigenvalue weighted by Crippen LogP contribution is 2.35. The average molecular weight is 416 g/mol. The molecule has 0 saturated heterocycles. The fraction of sp³-hybridized carbons (Fsp3) is 0.348. The summed E-state index contributed by atoms with van der Waals surface area (Å²) in [6.07, 6.45) is 6.79. The van der Waals surface area contributed by atoms with Crippen molar-refractivity contribution in [1.29, 1.82) is 5.26 Å². The minimum Gasteiger partial charge on any atom is -0.389 e. The van der Waals surface area contributed by atoms with E-state index in [-0.39, 0.29) is 0 Å². The Morgan fingerprint density at radius 1 is 1.10 bits per heavy atom. The smallest absolute Gasteiger partial charge is 0.227 e. The first-order valence-corrected chi connectivity index (χ1v) is 10.3. The molecular formula is C23H25N7O. The fourth-order valence-corrected chi connectivity index (χ4v) is 3.09. The lowest BCUT2D eigenvalue weighted by atomic mass is 10.1. The third-order valence-electron chi connectivity index (χ3n) is 4.93. The maximum absolute atomic E-state index is 9.96. The van der Waals surface area contributed by atoms with E-state index in [2.05, 4.69) is 31.7 Å². The second kappa shape index (κ2) is 8.66. The zero-order valence-electron chi connectivity index (χ0n) is 17.6. The van der Waals surface area contributed by atoms with Crippen molar-refractivity contribution in [2.24, 2.45) is 5.92 Å². The van der Waals surface area contributed by atoms with Crippen LogP contribution in [0.3, 0.4) is 0 Å². The van der Waals surface area contributed by atoms with Gasteiger partial charge in [-0.3, -0.25) is 0 Å².